The van der Waals surface area contributed by atoms with Crippen molar-refractivity contribution in [3.05, 3.63) is 17.0 Å². The average Bonchev–Trinajstić information content (AvgIpc) is 2.54. The third kappa shape index (κ3) is 0.878. The van der Waals surface area contributed by atoms with Crippen LogP contribution in [-0.4, -0.2) is 9.78 Å². The lowest BCUT2D eigenvalue weighted by molar-refractivity contribution is 0.688. The zero-order valence-electron chi connectivity index (χ0n) is 6.80. The summed E-state index contributed by atoms with van der Waals surface area (Å²) in [6, 6.07) is 0. The first-order valence-electron chi connectivity index (χ1n) is 4.06. The third-order valence-electron chi connectivity index (χ3n) is 2.39. The van der Waals surface area contributed by atoms with E-state index in [-0.39, 0.29) is 0 Å². The smallest absolute Gasteiger partial charge is 0.0794 e. The van der Waals surface area contributed by atoms with Crippen LogP contribution in [0.4, 0.5) is 0 Å². The summed E-state index contributed by atoms with van der Waals surface area (Å²) in [5.41, 5.74) is 9.46. The van der Waals surface area contributed by atoms with E-state index in [0.29, 0.717) is 6.54 Å². The Kier molecular flexibility index (Phi) is 1.46. The molecule has 0 aliphatic heterocycles. The molecule has 0 fully saturated rings. The summed E-state index contributed by atoms with van der Waals surface area (Å²) in [5.74, 6) is 0. The van der Waals surface area contributed by atoms with Crippen molar-refractivity contribution in [1.82, 2.24) is 9.78 Å². The van der Waals surface area contributed by atoms with E-state index in [1.165, 1.54) is 30.5 Å². The van der Waals surface area contributed by atoms with Gasteiger partial charge in [-0.3, -0.25) is 4.68 Å². The fourth-order valence-electron chi connectivity index (χ4n) is 1.86. The fraction of sp³-hybridized carbons (Fsp3) is 0.625. The molecule has 0 aromatic carbocycles. The van der Waals surface area contributed by atoms with Crippen LogP contribution in [0.1, 0.15) is 23.4 Å². The number of aromatic nitrogens is 2. The molecule has 1 aliphatic rings. The second-order valence-electron chi connectivity index (χ2n) is 3.05. The van der Waals surface area contributed by atoms with E-state index < -0.39 is 0 Å². The van der Waals surface area contributed by atoms with Crippen LogP contribution in [0, 0.1) is 0 Å². The molecule has 0 amide bonds. The number of hydrogen-bond acceptors (Lipinski definition) is 2. The van der Waals surface area contributed by atoms with E-state index in [2.05, 4.69) is 5.10 Å². The molecule has 3 nitrogen and oxygen atoms in total. The number of fused-ring (bicyclic) bond motifs is 1. The molecule has 60 valence electrons. The van der Waals surface area contributed by atoms with Crippen molar-refractivity contribution in [3.8, 4) is 0 Å². The van der Waals surface area contributed by atoms with Gasteiger partial charge in [-0.15, -0.1) is 0 Å². The van der Waals surface area contributed by atoms with E-state index in [1.54, 1.807) is 0 Å². The Morgan fingerprint density at radius 1 is 1.55 bits per heavy atom. The summed E-state index contributed by atoms with van der Waals surface area (Å²) < 4.78 is 1.98. The largest absolute Gasteiger partial charge is 0.325 e. The van der Waals surface area contributed by atoms with Gasteiger partial charge in [-0.1, -0.05) is 0 Å². The normalized spacial score (nSPS) is 15.5. The third-order valence-corrected chi connectivity index (χ3v) is 2.39. The molecule has 0 saturated carbocycles. The summed E-state index contributed by atoms with van der Waals surface area (Å²) in [4.78, 5) is 0. The van der Waals surface area contributed by atoms with E-state index in [4.69, 9.17) is 5.73 Å². The first-order chi connectivity index (χ1) is 5.33. The van der Waals surface area contributed by atoms with Gasteiger partial charge in [-0.25, -0.2) is 0 Å². The quantitative estimate of drug-likeness (QED) is 0.630. The highest BCUT2D eigenvalue weighted by Crippen LogP contribution is 2.23. The summed E-state index contributed by atoms with van der Waals surface area (Å²) in [6.45, 7) is 0.586. The van der Waals surface area contributed by atoms with Gasteiger partial charge in [-0.05, 0) is 24.8 Å². The maximum Gasteiger partial charge on any atom is 0.0794 e. The Morgan fingerprint density at radius 2 is 2.36 bits per heavy atom. The zero-order valence-corrected chi connectivity index (χ0v) is 6.80. The Labute approximate surface area is 66.2 Å². The van der Waals surface area contributed by atoms with E-state index in [9.17, 15) is 0 Å². The van der Waals surface area contributed by atoms with Crippen molar-refractivity contribution < 1.29 is 0 Å². The molecule has 0 bridgehead atoms. The van der Waals surface area contributed by atoms with Crippen LogP contribution in [0.3, 0.4) is 0 Å². The number of rotatable bonds is 1. The number of nitrogens with zero attached hydrogens (tertiary/aromatic N) is 2. The zero-order chi connectivity index (χ0) is 7.84. The van der Waals surface area contributed by atoms with Crippen LogP contribution in [-0.2, 0) is 26.4 Å². The SMILES string of the molecule is Cn1nc(CN)c2c1CCC2. The lowest BCUT2D eigenvalue weighted by Gasteiger charge is -1.92. The van der Waals surface area contributed by atoms with Gasteiger partial charge in [0.2, 0.25) is 0 Å². The molecule has 2 rings (SSSR count). The molecule has 0 radical (unpaired) electrons. The Morgan fingerprint density at radius 3 is 3.09 bits per heavy atom. The minimum absolute atomic E-state index is 0.586. The first-order valence-corrected chi connectivity index (χ1v) is 4.06. The molecule has 1 heterocycles. The van der Waals surface area contributed by atoms with Gasteiger partial charge in [0, 0.05) is 19.3 Å². The molecule has 0 spiro atoms. The minimum Gasteiger partial charge on any atom is -0.325 e. The molecular formula is C8H13N3. The van der Waals surface area contributed by atoms with Gasteiger partial charge in [0.25, 0.3) is 0 Å². The van der Waals surface area contributed by atoms with Crippen LogP contribution < -0.4 is 5.73 Å². The van der Waals surface area contributed by atoms with Crippen molar-refractivity contribution in [2.75, 3.05) is 0 Å². The highest BCUT2D eigenvalue weighted by Gasteiger charge is 2.19. The number of hydrogen-bond donors (Lipinski definition) is 1. The van der Waals surface area contributed by atoms with Crippen LogP contribution in [0.5, 0.6) is 0 Å². The predicted octanol–water partition coefficient (Wildman–Crippen LogP) is 0.367. The van der Waals surface area contributed by atoms with Gasteiger partial charge in [-0.2, -0.15) is 5.10 Å². The molecule has 11 heavy (non-hydrogen) atoms. The van der Waals surface area contributed by atoms with Crippen molar-refractivity contribution in [3.63, 3.8) is 0 Å². The highest BCUT2D eigenvalue weighted by atomic mass is 15.3. The van der Waals surface area contributed by atoms with Crippen LogP contribution in [0.2, 0.25) is 0 Å². The topological polar surface area (TPSA) is 43.8 Å². The molecular weight excluding hydrogens is 138 g/mol. The van der Waals surface area contributed by atoms with Gasteiger partial charge >= 0.3 is 0 Å². The monoisotopic (exact) mass is 151 g/mol. The maximum atomic E-state index is 5.56. The molecule has 0 saturated heterocycles. The predicted molar refractivity (Wildman–Crippen MR) is 43.1 cm³/mol. The van der Waals surface area contributed by atoms with Gasteiger partial charge in [0.1, 0.15) is 0 Å². The molecule has 3 heteroatoms. The second-order valence-corrected chi connectivity index (χ2v) is 3.05. The average molecular weight is 151 g/mol. The van der Waals surface area contributed by atoms with Crippen LogP contribution >= 0.6 is 0 Å². The molecule has 2 N–H and O–H groups in total. The summed E-state index contributed by atoms with van der Waals surface area (Å²) in [6.07, 6.45) is 3.63. The highest BCUT2D eigenvalue weighted by molar-refractivity contribution is 5.30. The molecule has 1 aliphatic carbocycles. The Hall–Kier alpha value is -0.830. The van der Waals surface area contributed by atoms with Crippen molar-refractivity contribution >= 4 is 0 Å². The summed E-state index contributed by atoms with van der Waals surface area (Å²) in [5, 5.41) is 4.34. The molecule has 0 unspecified atom stereocenters. The first kappa shape index (κ1) is 6.85. The van der Waals surface area contributed by atoms with Crippen molar-refractivity contribution in [1.29, 1.82) is 0 Å². The molecule has 1 aromatic heterocycles. The second kappa shape index (κ2) is 2.34. The molecule has 0 atom stereocenters. The summed E-state index contributed by atoms with van der Waals surface area (Å²) in [7, 11) is 2.00. The lowest BCUT2D eigenvalue weighted by atomic mass is 10.2. The van der Waals surface area contributed by atoms with Gasteiger partial charge in [0.15, 0.2) is 0 Å². The van der Waals surface area contributed by atoms with Gasteiger partial charge in [0.05, 0.1) is 5.69 Å². The van der Waals surface area contributed by atoms with Crippen LogP contribution in [0.15, 0.2) is 0 Å². The summed E-state index contributed by atoms with van der Waals surface area (Å²) >= 11 is 0. The van der Waals surface area contributed by atoms with E-state index >= 15 is 0 Å². The minimum atomic E-state index is 0.586. The number of aryl methyl sites for hydroxylation is 1. The standard InChI is InChI=1S/C8H13N3/c1-11-8-4-2-3-6(8)7(5-9)10-11/h2-5,9H2,1H3. The van der Waals surface area contributed by atoms with Crippen LogP contribution in [0.25, 0.3) is 0 Å². The Balaban J connectivity index is 2.52. The molecule has 1 aromatic rings. The van der Waals surface area contributed by atoms with E-state index in [0.717, 1.165) is 5.69 Å². The van der Waals surface area contributed by atoms with Crippen molar-refractivity contribution in [2.45, 2.75) is 25.8 Å². The number of nitrogens with two attached hydrogens (primary N) is 1. The fourth-order valence-corrected chi connectivity index (χ4v) is 1.86. The maximum absolute atomic E-state index is 5.56. The Bertz CT molecular complexity index is 275. The van der Waals surface area contributed by atoms with Crippen molar-refractivity contribution in [2.24, 2.45) is 12.8 Å². The lowest BCUT2D eigenvalue weighted by Crippen LogP contribution is -2.01. The van der Waals surface area contributed by atoms with Gasteiger partial charge < -0.3 is 5.73 Å². The van der Waals surface area contributed by atoms with E-state index in [1.807, 2.05) is 11.7 Å².